The van der Waals surface area contributed by atoms with Crippen molar-refractivity contribution in [2.24, 2.45) is 10.9 Å². The van der Waals surface area contributed by atoms with E-state index in [0.717, 1.165) is 48.6 Å². The monoisotopic (exact) mass is 303 g/mol. The van der Waals surface area contributed by atoms with Gasteiger partial charge in [-0.1, -0.05) is 13.0 Å². The maximum atomic E-state index is 5.42. The molecule has 0 aromatic heterocycles. The van der Waals surface area contributed by atoms with E-state index in [1.165, 1.54) is 12.8 Å². The van der Waals surface area contributed by atoms with E-state index in [4.69, 9.17) is 14.5 Å². The van der Waals surface area contributed by atoms with Crippen molar-refractivity contribution in [1.82, 2.24) is 10.2 Å². The lowest BCUT2D eigenvalue weighted by Crippen LogP contribution is -2.45. The molecule has 2 aliphatic heterocycles. The molecule has 1 aromatic rings. The van der Waals surface area contributed by atoms with Gasteiger partial charge in [0.05, 0.1) is 6.54 Å². The van der Waals surface area contributed by atoms with Gasteiger partial charge in [0, 0.05) is 19.6 Å². The van der Waals surface area contributed by atoms with Crippen LogP contribution in [0, 0.1) is 5.92 Å². The zero-order valence-electron chi connectivity index (χ0n) is 13.5. The minimum absolute atomic E-state index is 0.316. The quantitative estimate of drug-likeness (QED) is 0.689. The number of piperidine rings is 1. The van der Waals surface area contributed by atoms with E-state index in [1.54, 1.807) is 0 Å². The molecule has 0 atom stereocenters. The average molecular weight is 303 g/mol. The summed E-state index contributed by atoms with van der Waals surface area (Å²) in [5, 5.41) is 3.41. The van der Waals surface area contributed by atoms with Gasteiger partial charge in [0.2, 0.25) is 6.79 Å². The van der Waals surface area contributed by atoms with Crippen LogP contribution in [0.3, 0.4) is 0 Å². The Bertz CT molecular complexity index is 537. The summed E-state index contributed by atoms with van der Waals surface area (Å²) in [4.78, 5) is 7.16. The molecule has 3 rings (SSSR count). The molecule has 5 nitrogen and oxygen atoms in total. The summed E-state index contributed by atoms with van der Waals surface area (Å²) < 4.78 is 10.8. The van der Waals surface area contributed by atoms with Crippen LogP contribution in [0.15, 0.2) is 23.2 Å². The van der Waals surface area contributed by atoms with E-state index >= 15 is 0 Å². The fraction of sp³-hybridized carbons (Fsp3) is 0.588. The number of nitrogens with zero attached hydrogens (tertiary/aromatic N) is 2. The fourth-order valence-electron chi connectivity index (χ4n) is 2.85. The van der Waals surface area contributed by atoms with Crippen LogP contribution >= 0.6 is 0 Å². The van der Waals surface area contributed by atoms with E-state index in [-0.39, 0.29) is 0 Å². The first-order valence-electron chi connectivity index (χ1n) is 8.18. The summed E-state index contributed by atoms with van der Waals surface area (Å²) in [5.41, 5.74) is 1.14. The van der Waals surface area contributed by atoms with Crippen LogP contribution in [0.25, 0.3) is 0 Å². The zero-order valence-corrected chi connectivity index (χ0v) is 13.5. The molecule has 0 bridgehead atoms. The Morgan fingerprint density at radius 1 is 1.27 bits per heavy atom. The summed E-state index contributed by atoms with van der Waals surface area (Å²) in [6.07, 6.45) is 2.49. The Labute approximate surface area is 132 Å². The number of guanidine groups is 1. The molecule has 1 N–H and O–H groups in total. The number of benzene rings is 1. The molecule has 2 heterocycles. The molecule has 22 heavy (non-hydrogen) atoms. The number of hydrogen-bond acceptors (Lipinski definition) is 3. The molecular weight excluding hydrogens is 278 g/mol. The Morgan fingerprint density at radius 2 is 2.05 bits per heavy atom. The van der Waals surface area contributed by atoms with Gasteiger partial charge in [-0.3, -0.25) is 0 Å². The molecule has 0 aliphatic carbocycles. The first-order chi connectivity index (χ1) is 10.8. The van der Waals surface area contributed by atoms with Crippen LogP contribution < -0.4 is 14.8 Å². The maximum Gasteiger partial charge on any atom is 0.231 e. The average Bonchev–Trinajstić information content (AvgIpc) is 3.00. The highest BCUT2D eigenvalue weighted by Crippen LogP contribution is 2.32. The molecule has 1 saturated heterocycles. The minimum Gasteiger partial charge on any atom is -0.454 e. The van der Waals surface area contributed by atoms with Crippen LogP contribution in [0.2, 0.25) is 0 Å². The third-order valence-corrected chi connectivity index (χ3v) is 4.27. The molecule has 0 saturated carbocycles. The van der Waals surface area contributed by atoms with Crippen molar-refractivity contribution in [2.45, 2.75) is 33.2 Å². The third-order valence-electron chi connectivity index (χ3n) is 4.27. The smallest absolute Gasteiger partial charge is 0.231 e. The van der Waals surface area contributed by atoms with E-state index in [0.29, 0.717) is 13.3 Å². The van der Waals surface area contributed by atoms with Gasteiger partial charge in [-0.15, -0.1) is 0 Å². The highest BCUT2D eigenvalue weighted by molar-refractivity contribution is 5.80. The Balaban J connectivity index is 1.67. The van der Waals surface area contributed by atoms with Crippen molar-refractivity contribution in [3.05, 3.63) is 23.8 Å². The van der Waals surface area contributed by atoms with Gasteiger partial charge in [-0.05, 0) is 43.4 Å². The molecule has 0 radical (unpaired) electrons. The van der Waals surface area contributed by atoms with Crippen LogP contribution in [0.5, 0.6) is 11.5 Å². The first-order valence-corrected chi connectivity index (χ1v) is 8.18. The Hall–Kier alpha value is -1.91. The second-order valence-corrected chi connectivity index (χ2v) is 6.03. The van der Waals surface area contributed by atoms with Crippen LogP contribution in [-0.4, -0.2) is 37.3 Å². The molecule has 5 heteroatoms. The van der Waals surface area contributed by atoms with E-state index in [1.807, 2.05) is 12.1 Å². The summed E-state index contributed by atoms with van der Waals surface area (Å²) in [6.45, 7) is 8.49. The summed E-state index contributed by atoms with van der Waals surface area (Å²) in [5.74, 6) is 3.49. The van der Waals surface area contributed by atoms with Crippen LogP contribution in [0.4, 0.5) is 0 Å². The topological polar surface area (TPSA) is 46.1 Å². The van der Waals surface area contributed by atoms with Crippen molar-refractivity contribution in [2.75, 3.05) is 26.4 Å². The summed E-state index contributed by atoms with van der Waals surface area (Å²) >= 11 is 0. The predicted octanol–water partition coefficient (Wildman–Crippen LogP) is 2.61. The number of fused-ring (bicyclic) bond motifs is 1. The van der Waals surface area contributed by atoms with Crippen LogP contribution in [0.1, 0.15) is 32.3 Å². The zero-order chi connectivity index (χ0) is 15.4. The summed E-state index contributed by atoms with van der Waals surface area (Å²) in [6, 6.07) is 6.04. The van der Waals surface area contributed by atoms with Crippen molar-refractivity contribution >= 4 is 5.96 Å². The lowest BCUT2D eigenvalue weighted by Gasteiger charge is -2.33. The number of likely N-dealkylation sites (tertiary alicyclic amines) is 1. The molecular formula is C17H25N3O2. The van der Waals surface area contributed by atoms with Gasteiger partial charge in [-0.25, -0.2) is 4.99 Å². The van der Waals surface area contributed by atoms with Gasteiger partial charge in [0.25, 0.3) is 0 Å². The number of aliphatic imine (C=N–C) groups is 1. The van der Waals surface area contributed by atoms with Gasteiger partial charge in [0.15, 0.2) is 17.5 Å². The van der Waals surface area contributed by atoms with Crippen molar-refractivity contribution in [3.8, 4) is 11.5 Å². The highest BCUT2D eigenvalue weighted by atomic mass is 16.7. The number of ether oxygens (including phenoxy) is 2. The van der Waals surface area contributed by atoms with Gasteiger partial charge in [0.1, 0.15) is 0 Å². The predicted molar refractivity (Wildman–Crippen MR) is 87.4 cm³/mol. The molecule has 0 amide bonds. The largest absolute Gasteiger partial charge is 0.454 e. The molecule has 0 spiro atoms. The Kier molecular flexibility index (Phi) is 4.71. The lowest BCUT2D eigenvalue weighted by molar-refractivity contribution is 0.174. The molecule has 120 valence electrons. The lowest BCUT2D eigenvalue weighted by atomic mass is 10.00. The fourth-order valence-corrected chi connectivity index (χ4v) is 2.85. The minimum atomic E-state index is 0.316. The third kappa shape index (κ3) is 3.46. The maximum absolute atomic E-state index is 5.42. The number of nitrogens with one attached hydrogen (secondary N) is 1. The van der Waals surface area contributed by atoms with E-state index < -0.39 is 0 Å². The number of rotatable bonds is 3. The van der Waals surface area contributed by atoms with E-state index in [9.17, 15) is 0 Å². The highest BCUT2D eigenvalue weighted by Gasteiger charge is 2.18. The molecule has 0 unspecified atom stereocenters. The van der Waals surface area contributed by atoms with Gasteiger partial charge < -0.3 is 19.7 Å². The molecule has 1 aromatic carbocycles. The second-order valence-electron chi connectivity index (χ2n) is 6.03. The van der Waals surface area contributed by atoms with Gasteiger partial charge >= 0.3 is 0 Å². The standard InChI is InChI=1S/C17H25N3O2/c1-3-18-17(20-8-6-13(2)7-9-20)19-11-14-4-5-15-16(10-14)22-12-21-15/h4-5,10,13H,3,6-9,11-12H2,1-2H3,(H,18,19). The first kappa shape index (κ1) is 15.0. The molecule has 2 aliphatic rings. The van der Waals surface area contributed by atoms with Gasteiger partial charge in [-0.2, -0.15) is 0 Å². The summed E-state index contributed by atoms with van der Waals surface area (Å²) in [7, 11) is 0. The van der Waals surface area contributed by atoms with Crippen molar-refractivity contribution in [3.63, 3.8) is 0 Å². The normalized spacial score (nSPS) is 18.6. The van der Waals surface area contributed by atoms with E-state index in [2.05, 4.69) is 30.1 Å². The molecule has 1 fully saturated rings. The number of hydrogen-bond donors (Lipinski definition) is 1. The van der Waals surface area contributed by atoms with Crippen molar-refractivity contribution in [1.29, 1.82) is 0 Å². The Morgan fingerprint density at radius 3 is 2.82 bits per heavy atom. The van der Waals surface area contributed by atoms with Crippen LogP contribution in [-0.2, 0) is 6.54 Å². The van der Waals surface area contributed by atoms with Crippen molar-refractivity contribution < 1.29 is 9.47 Å². The SMILES string of the molecule is CCNC(=NCc1ccc2c(c1)OCO2)N1CCC(C)CC1. The second kappa shape index (κ2) is 6.90.